The van der Waals surface area contributed by atoms with Crippen LogP contribution in [0.25, 0.3) is 0 Å². The van der Waals surface area contributed by atoms with Gasteiger partial charge < -0.3 is 5.11 Å². The number of aliphatic hydroxyl groups is 1. The van der Waals surface area contributed by atoms with E-state index in [0.717, 1.165) is 0 Å². The average molecular weight is 360 g/mol. The van der Waals surface area contributed by atoms with E-state index < -0.39 is 36.6 Å². The number of nitrogens with zero attached hydrogens (tertiary/aromatic N) is 6. The minimum atomic E-state index is -3.48. The predicted octanol–water partition coefficient (Wildman–Crippen LogP) is 1.01. The summed E-state index contributed by atoms with van der Waals surface area (Å²) in [6.45, 7) is 0.144. The van der Waals surface area contributed by atoms with E-state index in [1.54, 1.807) is 12.3 Å². The highest BCUT2D eigenvalue weighted by molar-refractivity contribution is 5.97. The number of alkyl halides is 4. The Hall–Kier alpha value is -2.76. The van der Waals surface area contributed by atoms with E-state index in [1.807, 2.05) is 0 Å². The molecule has 0 aromatic carbocycles. The van der Waals surface area contributed by atoms with E-state index in [-0.39, 0.29) is 17.4 Å². The van der Waals surface area contributed by atoms with Crippen molar-refractivity contribution < 1.29 is 27.5 Å². The van der Waals surface area contributed by atoms with Crippen molar-refractivity contribution in [3.63, 3.8) is 0 Å². The number of hydrogen-bond acceptors (Lipinski definition) is 5. The van der Waals surface area contributed by atoms with E-state index in [0.29, 0.717) is 0 Å². The first-order valence-corrected chi connectivity index (χ1v) is 7.03. The normalized spacial score (nSPS) is 20.6. The van der Waals surface area contributed by atoms with Gasteiger partial charge in [0.05, 0.1) is 0 Å². The molecule has 1 aliphatic rings. The van der Waals surface area contributed by atoms with Gasteiger partial charge in [0.25, 0.3) is 18.8 Å². The van der Waals surface area contributed by atoms with Crippen LogP contribution in [0.15, 0.2) is 35.8 Å². The van der Waals surface area contributed by atoms with Crippen molar-refractivity contribution in [1.82, 2.24) is 24.6 Å². The lowest BCUT2D eigenvalue weighted by molar-refractivity contribution is -0.164. The largest absolute Gasteiger partial charge is 0.364 e. The topological polar surface area (TPSA) is 88.5 Å². The standard InChI is InChI=1S/C13H12F4N6O2/c14-10(15)9-6-13(25,12(16)17)23(20-9)11(24)8-2-5-22(19-8)7-21-4-1-3-18-21/h1-5,10,12,25H,6-7H2/t13-/m0/s1. The molecule has 0 aliphatic carbocycles. The Bertz CT molecular complexity index is 790. The molecule has 0 saturated heterocycles. The summed E-state index contributed by atoms with van der Waals surface area (Å²) in [5.41, 5.74) is -4.45. The Kier molecular flexibility index (Phi) is 4.29. The summed E-state index contributed by atoms with van der Waals surface area (Å²) in [7, 11) is 0. The second-order valence-corrected chi connectivity index (χ2v) is 5.29. The van der Waals surface area contributed by atoms with E-state index in [1.165, 1.54) is 27.8 Å². The minimum Gasteiger partial charge on any atom is -0.364 e. The van der Waals surface area contributed by atoms with Crippen LogP contribution >= 0.6 is 0 Å². The second kappa shape index (κ2) is 6.27. The number of hydrogen-bond donors (Lipinski definition) is 1. The van der Waals surface area contributed by atoms with Crippen LogP contribution in [0.4, 0.5) is 17.6 Å². The Morgan fingerprint density at radius 1 is 1.28 bits per heavy atom. The molecule has 0 fully saturated rings. The van der Waals surface area contributed by atoms with Crippen LogP contribution in [0.5, 0.6) is 0 Å². The molecule has 12 heteroatoms. The fraction of sp³-hybridized carbons (Fsp3) is 0.385. The smallest absolute Gasteiger partial charge is 0.297 e. The first kappa shape index (κ1) is 17.1. The van der Waals surface area contributed by atoms with Crippen molar-refractivity contribution in [2.24, 2.45) is 5.10 Å². The number of rotatable bonds is 5. The number of amides is 1. The molecule has 1 atom stereocenters. The summed E-state index contributed by atoms with van der Waals surface area (Å²) in [4.78, 5) is 12.3. The van der Waals surface area contributed by atoms with Gasteiger partial charge in [-0.3, -0.25) is 14.2 Å². The van der Waals surface area contributed by atoms with Gasteiger partial charge in [0, 0.05) is 25.0 Å². The molecule has 25 heavy (non-hydrogen) atoms. The maximum absolute atomic E-state index is 13.1. The third-order valence-corrected chi connectivity index (χ3v) is 3.54. The molecule has 8 nitrogen and oxygen atoms in total. The molecule has 0 saturated carbocycles. The molecule has 2 aromatic heterocycles. The van der Waals surface area contributed by atoms with Gasteiger partial charge in [0.1, 0.15) is 12.4 Å². The first-order chi connectivity index (χ1) is 11.8. The summed E-state index contributed by atoms with van der Waals surface area (Å²) >= 11 is 0. The molecule has 0 bridgehead atoms. The third kappa shape index (κ3) is 3.12. The molecule has 0 radical (unpaired) electrons. The Balaban J connectivity index is 1.84. The van der Waals surface area contributed by atoms with Crippen molar-refractivity contribution in [3.8, 4) is 0 Å². The second-order valence-electron chi connectivity index (χ2n) is 5.29. The number of halogens is 4. The molecule has 3 rings (SSSR count). The van der Waals surface area contributed by atoms with Crippen LogP contribution in [-0.2, 0) is 6.67 Å². The van der Waals surface area contributed by atoms with Crippen molar-refractivity contribution in [2.75, 3.05) is 0 Å². The molecule has 2 aromatic rings. The molecular formula is C13H12F4N6O2. The summed E-state index contributed by atoms with van der Waals surface area (Å²) < 4.78 is 54.6. The number of aromatic nitrogens is 4. The quantitative estimate of drug-likeness (QED) is 0.806. The summed E-state index contributed by atoms with van der Waals surface area (Å²) in [6, 6.07) is 2.87. The molecule has 134 valence electrons. The monoisotopic (exact) mass is 360 g/mol. The van der Waals surface area contributed by atoms with Crippen LogP contribution in [-0.4, -0.2) is 59.9 Å². The van der Waals surface area contributed by atoms with Gasteiger partial charge in [-0.15, -0.1) is 0 Å². The maximum atomic E-state index is 13.1. The van der Waals surface area contributed by atoms with Gasteiger partial charge >= 0.3 is 0 Å². The Morgan fingerprint density at radius 3 is 2.64 bits per heavy atom. The maximum Gasteiger partial charge on any atom is 0.297 e. The molecule has 0 spiro atoms. The van der Waals surface area contributed by atoms with Crippen molar-refractivity contribution in [2.45, 2.75) is 31.7 Å². The van der Waals surface area contributed by atoms with Gasteiger partial charge in [-0.2, -0.15) is 20.3 Å². The zero-order chi connectivity index (χ0) is 18.2. The fourth-order valence-electron chi connectivity index (χ4n) is 2.30. The van der Waals surface area contributed by atoms with Gasteiger partial charge in [-0.1, -0.05) is 0 Å². The highest BCUT2D eigenvalue weighted by atomic mass is 19.3. The summed E-state index contributed by atoms with van der Waals surface area (Å²) in [6.07, 6.45) is -3.24. The fourth-order valence-corrected chi connectivity index (χ4v) is 2.30. The molecule has 1 N–H and O–H groups in total. The number of hydrazone groups is 1. The molecule has 0 unspecified atom stereocenters. The zero-order valence-corrected chi connectivity index (χ0v) is 12.5. The van der Waals surface area contributed by atoms with Gasteiger partial charge in [0.2, 0.25) is 5.72 Å². The summed E-state index contributed by atoms with van der Waals surface area (Å²) in [5.74, 6) is -1.21. The Morgan fingerprint density at radius 2 is 2.04 bits per heavy atom. The molecule has 3 heterocycles. The number of carbonyl (C=O) groups excluding carboxylic acids is 1. The van der Waals surface area contributed by atoms with Crippen molar-refractivity contribution in [3.05, 3.63) is 36.4 Å². The first-order valence-electron chi connectivity index (χ1n) is 7.03. The average Bonchev–Trinajstić information content (AvgIpc) is 3.27. The van der Waals surface area contributed by atoms with Crippen LogP contribution in [0.1, 0.15) is 16.9 Å². The lowest BCUT2D eigenvalue weighted by Gasteiger charge is -2.29. The zero-order valence-electron chi connectivity index (χ0n) is 12.5. The minimum absolute atomic E-state index is 0.0280. The number of carbonyl (C=O) groups is 1. The lowest BCUT2D eigenvalue weighted by Crippen LogP contribution is -2.51. The summed E-state index contributed by atoms with van der Waals surface area (Å²) in [5, 5.41) is 20.9. The van der Waals surface area contributed by atoms with Gasteiger partial charge in [-0.05, 0) is 12.1 Å². The highest BCUT2D eigenvalue weighted by Gasteiger charge is 2.53. The molecule has 1 amide bonds. The van der Waals surface area contributed by atoms with Crippen LogP contribution in [0.2, 0.25) is 0 Å². The van der Waals surface area contributed by atoms with Crippen LogP contribution in [0, 0.1) is 0 Å². The Labute approximate surface area is 137 Å². The van der Waals surface area contributed by atoms with E-state index in [9.17, 15) is 27.5 Å². The van der Waals surface area contributed by atoms with Crippen LogP contribution in [0.3, 0.4) is 0 Å². The third-order valence-electron chi connectivity index (χ3n) is 3.54. The lowest BCUT2D eigenvalue weighted by atomic mass is 10.1. The molecular weight excluding hydrogens is 348 g/mol. The van der Waals surface area contributed by atoms with Crippen LogP contribution < -0.4 is 0 Å². The predicted molar refractivity (Wildman–Crippen MR) is 75.0 cm³/mol. The van der Waals surface area contributed by atoms with E-state index >= 15 is 0 Å². The molecule has 1 aliphatic heterocycles. The van der Waals surface area contributed by atoms with Crippen molar-refractivity contribution >= 4 is 11.6 Å². The highest BCUT2D eigenvalue weighted by Crippen LogP contribution is 2.33. The SMILES string of the molecule is O=C(c1ccn(Cn2cccn2)n1)N1N=C(C(F)F)C[C@]1(O)C(F)F. The van der Waals surface area contributed by atoms with E-state index in [2.05, 4.69) is 15.3 Å². The van der Waals surface area contributed by atoms with Gasteiger partial charge in [0.15, 0.2) is 5.69 Å². The van der Waals surface area contributed by atoms with Crippen molar-refractivity contribution in [1.29, 1.82) is 0 Å². The van der Waals surface area contributed by atoms with Gasteiger partial charge in [-0.25, -0.2) is 17.6 Å². The van der Waals surface area contributed by atoms with E-state index in [4.69, 9.17) is 0 Å².